The first kappa shape index (κ1) is 15.3. The van der Waals surface area contributed by atoms with Crippen LogP contribution in [0.1, 0.15) is 13.8 Å². The van der Waals surface area contributed by atoms with Crippen molar-refractivity contribution in [3.8, 4) is 0 Å². The average Bonchev–Trinajstić information content (AvgIpc) is 2.28. The molecule has 1 atom stereocenters. The molecule has 1 unspecified atom stereocenters. The lowest BCUT2D eigenvalue weighted by Crippen LogP contribution is -2.30. The van der Waals surface area contributed by atoms with Gasteiger partial charge in [-0.3, -0.25) is 4.79 Å². The highest BCUT2D eigenvalue weighted by atomic mass is 16.5. The van der Waals surface area contributed by atoms with E-state index in [9.17, 15) is 4.79 Å². The molecule has 0 spiro atoms. The van der Waals surface area contributed by atoms with E-state index in [1.54, 1.807) is 7.11 Å². The van der Waals surface area contributed by atoms with Gasteiger partial charge in [-0.25, -0.2) is 0 Å². The molecule has 0 fully saturated rings. The van der Waals surface area contributed by atoms with Crippen molar-refractivity contribution < 1.29 is 19.0 Å². The van der Waals surface area contributed by atoms with Gasteiger partial charge in [0.1, 0.15) is 0 Å². The minimum Gasteiger partial charge on any atom is -0.466 e. The average molecular weight is 233 g/mol. The largest absolute Gasteiger partial charge is 0.466 e. The Morgan fingerprint density at radius 2 is 2.06 bits per heavy atom. The van der Waals surface area contributed by atoms with Crippen LogP contribution in [0, 0.1) is 5.92 Å². The molecule has 1 N–H and O–H groups in total. The summed E-state index contributed by atoms with van der Waals surface area (Å²) in [5, 5.41) is 3.13. The van der Waals surface area contributed by atoms with Crippen molar-refractivity contribution in [1.29, 1.82) is 0 Å². The molecule has 0 amide bonds. The highest BCUT2D eigenvalue weighted by Crippen LogP contribution is 1.96. The molecule has 5 heteroatoms. The molecule has 0 rings (SSSR count). The maximum atomic E-state index is 11.2. The summed E-state index contributed by atoms with van der Waals surface area (Å²) in [6.07, 6.45) is 0. The predicted octanol–water partition coefficient (Wildman–Crippen LogP) is 0.438. The number of ether oxygens (including phenoxy) is 3. The van der Waals surface area contributed by atoms with Gasteiger partial charge in [-0.2, -0.15) is 0 Å². The van der Waals surface area contributed by atoms with E-state index in [0.717, 1.165) is 6.54 Å². The van der Waals surface area contributed by atoms with Gasteiger partial charge in [-0.1, -0.05) is 6.92 Å². The molecule has 0 aromatic heterocycles. The topological polar surface area (TPSA) is 56.8 Å². The van der Waals surface area contributed by atoms with Crippen LogP contribution in [0.25, 0.3) is 0 Å². The summed E-state index contributed by atoms with van der Waals surface area (Å²) in [7, 11) is 1.64. The molecule has 96 valence electrons. The molecule has 0 saturated carbocycles. The van der Waals surface area contributed by atoms with Gasteiger partial charge in [0.25, 0.3) is 0 Å². The summed E-state index contributed by atoms with van der Waals surface area (Å²) in [6, 6.07) is 0. The molecule has 16 heavy (non-hydrogen) atoms. The summed E-state index contributed by atoms with van der Waals surface area (Å²) < 4.78 is 15.0. The second-order valence-corrected chi connectivity index (χ2v) is 3.46. The van der Waals surface area contributed by atoms with Gasteiger partial charge >= 0.3 is 5.97 Å². The number of rotatable bonds is 10. The smallest absolute Gasteiger partial charge is 0.309 e. The Morgan fingerprint density at radius 3 is 2.69 bits per heavy atom. The van der Waals surface area contributed by atoms with E-state index < -0.39 is 0 Å². The number of carbonyl (C=O) groups excluding carboxylic acids is 1. The van der Waals surface area contributed by atoms with Gasteiger partial charge in [0.2, 0.25) is 0 Å². The molecule has 0 saturated heterocycles. The van der Waals surface area contributed by atoms with Gasteiger partial charge in [-0.05, 0) is 6.92 Å². The maximum Gasteiger partial charge on any atom is 0.309 e. The molecule has 0 aliphatic carbocycles. The van der Waals surface area contributed by atoms with E-state index in [4.69, 9.17) is 14.2 Å². The molecule has 0 aromatic carbocycles. The minimum absolute atomic E-state index is 0.112. The zero-order valence-corrected chi connectivity index (χ0v) is 10.5. The lowest BCUT2D eigenvalue weighted by atomic mass is 10.2. The normalized spacial score (nSPS) is 12.4. The fourth-order valence-corrected chi connectivity index (χ4v) is 1.08. The minimum atomic E-state index is -0.157. The fourth-order valence-electron chi connectivity index (χ4n) is 1.08. The van der Waals surface area contributed by atoms with Crippen molar-refractivity contribution in [2.75, 3.05) is 46.6 Å². The molecular weight excluding hydrogens is 210 g/mol. The molecule has 0 aliphatic heterocycles. The van der Waals surface area contributed by atoms with Gasteiger partial charge < -0.3 is 19.5 Å². The summed E-state index contributed by atoms with van der Waals surface area (Å²) in [5.41, 5.74) is 0. The van der Waals surface area contributed by atoms with E-state index in [1.165, 1.54) is 0 Å². The molecule has 0 radical (unpaired) electrons. The first-order valence-corrected chi connectivity index (χ1v) is 5.66. The number of hydrogen-bond donors (Lipinski definition) is 1. The third-order valence-electron chi connectivity index (χ3n) is 1.99. The Bertz CT molecular complexity index is 175. The molecule has 0 aliphatic rings. The van der Waals surface area contributed by atoms with Crippen LogP contribution < -0.4 is 5.32 Å². The standard InChI is InChI=1S/C11H23NO4/c1-4-16-11(13)10(2)9-12-5-6-15-8-7-14-3/h10,12H,4-9H2,1-3H3. The van der Waals surface area contributed by atoms with E-state index in [2.05, 4.69) is 5.32 Å². The van der Waals surface area contributed by atoms with Gasteiger partial charge in [0, 0.05) is 20.2 Å². The summed E-state index contributed by atoms with van der Waals surface area (Å²) in [4.78, 5) is 11.2. The van der Waals surface area contributed by atoms with Crippen LogP contribution in [0.4, 0.5) is 0 Å². The molecule has 0 aromatic rings. The van der Waals surface area contributed by atoms with Crippen molar-refractivity contribution in [3.05, 3.63) is 0 Å². The monoisotopic (exact) mass is 233 g/mol. The highest BCUT2D eigenvalue weighted by Gasteiger charge is 2.12. The van der Waals surface area contributed by atoms with Gasteiger partial charge in [0.05, 0.1) is 32.3 Å². The van der Waals surface area contributed by atoms with Crippen LogP contribution in [0.2, 0.25) is 0 Å². The summed E-state index contributed by atoms with van der Waals surface area (Å²) in [6.45, 7) is 7.27. The molecule has 0 heterocycles. The quantitative estimate of drug-likeness (QED) is 0.438. The number of esters is 1. The van der Waals surface area contributed by atoms with Crippen LogP contribution in [-0.4, -0.2) is 52.6 Å². The van der Waals surface area contributed by atoms with E-state index >= 15 is 0 Å². The lowest BCUT2D eigenvalue weighted by molar-refractivity contribution is -0.147. The first-order valence-electron chi connectivity index (χ1n) is 5.66. The van der Waals surface area contributed by atoms with Crippen molar-refractivity contribution in [2.45, 2.75) is 13.8 Å². The number of carbonyl (C=O) groups is 1. The van der Waals surface area contributed by atoms with Crippen molar-refractivity contribution in [2.24, 2.45) is 5.92 Å². The van der Waals surface area contributed by atoms with E-state index in [-0.39, 0.29) is 11.9 Å². The Balaban J connectivity index is 3.27. The Morgan fingerprint density at radius 1 is 1.31 bits per heavy atom. The third kappa shape index (κ3) is 8.64. The second-order valence-electron chi connectivity index (χ2n) is 3.46. The first-order chi connectivity index (χ1) is 7.72. The second kappa shape index (κ2) is 10.9. The van der Waals surface area contributed by atoms with E-state index in [1.807, 2.05) is 13.8 Å². The van der Waals surface area contributed by atoms with Crippen molar-refractivity contribution in [1.82, 2.24) is 5.32 Å². The van der Waals surface area contributed by atoms with Gasteiger partial charge in [0.15, 0.2) is 0 Å². The molecule has 5 nitrogen and oxygen atoms in total. The Kier molecular flexibility index (Phi) is 10.4. The summed E-state index contributed by atoms with van der Waals surface area (Å²) in [5.74, 6) is -0.269. The van der Waals surface area contributed by atoms with Crippen LogP contribution in [0.15, 0.2) is 0 Å². The summed E-state index contributed by atoms with van der Waals surface area (Å²) >= 11 is 0. The number of methoxy groups -OCH3 is 1. The third-order valence-corrected chi connectivity index (χ3v) is 1.99. The van der Waals surface area contributed by atoms with Crippen molar-refractivity contribution >= 4 is 5.97 Å². The molecular formula is C11H23NO4. The van der Waals surface area contributed by atoms with Crippen molar-refractivity contribution in [3.63, 3.8) is 0 Å². The fraction of sp³-hybridized carbons (Fsp3) is 0.909. The SMILES string of the molecule is CCOC(=O)C(C)CNCCOCCOC. The zero-order chi connectivity index (χ0) is 12.2. The van der Waals surface area contributed by atoms with Crippen LogP contribution in [-0.2, 0) is 19.0 Å². The Hall–Kier alpha value is -0.650. The van der Waals surface area contributed by atoms with Crippen LogP contribution >= 0.6 is 0 Å². The number of hydrogen-bond acceptors (Lipinski definition) is 5. The van der Waals surface area contributed by atoms with Crippen LogP contribution in [0.5, 0.6) is 0 Å². The lowest BCUT2D eigenvalue weighted by Gasteiger charge is -2.11. The predicted molar refractivity (Wildman–Crippen MR) is 61.4 cm³/mol. The maximum absolute atomic E-state index is 11.2. The van der Waals surface area contributed by atoms with Crippen LogP contribution in [0.3, 0.4) is 0 Å². The Labute approximate surface area is 97.4 Å². The van der Waals surface area contributed by atoms with E-state index in [0.29, 0.717) is 33.0 Å². The zero-order valence-electron chi connectivity index (χ0n) is 10.5. The van der Waals surface area contributed by atoms with Gasteiger partial charge in [-0.15, -0.1) is 0 Å². The molecule has 0 bridgehead atoms. The number of nitrogens with one attached hydrogen (secondary N) is 1. The highest BCUT2D eigenvalue weighted by molar-refractivity contribution is 5.72.